The molecule has 1 aromatic heterocycles. The number of carbonyl (C=O) groups excluding carboxylic acids is 1. The van der Waals surface area contributed by atoms with Crippen molar-refractivity contribution in [3.63, 3.8) is 0 Å². The van der Waals surface area contributed by atoms with E-state index in [0.29, 0.717) is 11.8 Å². The molecule has 1 heterocycles. The van der Waals surface area contributed by atoms with Crippen molar-refractivity contribution < 1.29 is 9.53 Å². The average Bonchev–Trinajstić information content (AvgIpc) is 2.92. The molecule has 1 aliphatic rings. The summed E-state index contributed by atoms with van der Waals surface area (Å²) in [5, 5.41) is 2.91. The Hall–Kier alpha value is -1.58. The van der Waals surface area contributed by atoms with Gasteiger partial charge < -0.3 is 10.1 Å². The monoisotopic (exact) mass is 248 g/mol. The van der Waals surface area contributed by atoms with Gasteiger partial charge in [-0.2, -0.15) is 0 Å². The van der Waals surface area contributed by atoms with Crippen LogP contribution in [0.3, 0.4) is 0 Å². The summed E-state index contributed by atoms with van der Waals surface area (Å²) in [6.45, 7) is 2.02. The Morgan fingerprint density at radius 1 is 1.44 bits per heavy atom. The molecule has 1 saturated carbocycles. The van der Waals surface area contributed by atoms with Gasteiger partial charge in [0.25, 0.3) is 0 Å². The molecular formula is C14H20N2O2. The molecule has 1 atom stereocenters. The van der Waals surface area contributed by atoms with Gasteiger partial charge in [-0.15, -0.1) is 0 Å². The lowest BCUT2D eigenvalue weighted by Crippen LogP contribution is -2.25. The van der Waals surface area contributed by atoms with Crippen LogP contribution >= 0.6 is 0 Å². The highest BCUT2D eigenvalue weighted by Gasteiger charge is 2.26. The number of methoxy groups -OCH3 is 1. The van der Waals surface area contributed by atoms with Crippen LogP contribution < -0.4 is 10.1 Å². The number of hydrogen-bond acceptors (Lipinski definition) is 3. The van der Waals surface area contributed by atoms with E-state index in [0.717, 1.165) is 5.69 Å². The number of hydrogen-bond donors (Lipinski definition) is 1. The van der Waals surface area contributed by atoms with Crippen LogP contribution in [0.5, 0.6) is 5.88 Å². The first kappa shape index (κ1) is 12.9. The predicted molar refractivity (Wildman–Crippen MR) is 70.5 cm³/mol. The fraction of sp³-hybridized carbons (Fsp3) is 0.571. The first-order chi connectivity index (χ1) is 8.70. The normalized spacial score (nSPS) is 17.4. The van der Waals surface area contributed by atoms with Gasteiger partial charge in [-0.3, -0.25) is 4.79 Å². The van der Waals surface area contributed by atoms with E-state index in [2.05, 4.69) is 10.3 Å². The van der Waals surface area contributed by atoms with Crippen molar-refractivity contribution in [1.82, 2.24) is 4.98 Å². The van der Waals surface area contributed by atoms with Crippen LogP contribution in [0.2, 0.25) is 0 Å². The van der Waals surface area contributed by atoms with Crippen molar-refractivity contribution in [3.8, 4) is 5.88 Å². The second kappa shape index (κ2) is 5.85. The van der Waals surface area contributed by atoms with Crippen molar-refractivity contribution in [1.29, 1.82) is 0 Å². The van der Waals surface area contributed by atoms with Gasteiger partial charge in [-0.1, -0.05) is 19.8 Å². The maximum Gasteiger partial charge on any atom is 0.227 e. The summed E-state index contributed by atoms with van der Waals surface area (Å²) in [6.07, 6.45) is 6.49. The summed E-state index contributed by atoms with van der Waals surface area (Å²) in [7, 11) is 1.57. The van der Waals surface area contributed by atoms with Crippen molar-refractivity contribution in [2.45, 2.75) is 32.6 Å². The van der Waals surface area contributed by atoms with Crippen molar-refractivity contribution in [3.05, 3.63) is 18.3 Å². The summed E-state index contributed by atoms with van der Waals surface area (Å²) in [6, 6.07) is 3.56. The molecule has 0 radical (unpaired) electrons. The average molecular weight is 248 g/mol. The van der Waals surface area contributed by atoms with Crippen LogP contribution in [0.25, 0.3) is 0 Å². The summed E-state index contributed by atoms with van der Waals surface area (Å²) in [4.78, 5) is 16.2. The van der Waals surface area contributed by atoms with Crippen LogP contribution in [0.1, 0.15) is 32.6 Å². The first-order valence-corrected chi connectivity index (χ1v) is 6.51. The van der Waals surface area contributed by atoms with Crippen LogP contribution in [0.15, 0.2) is 18.3 Å². The smallest absolute Gasteiger partial charge is 0.227 e. The van der Waals surface area contributed by atoms with E-state index < -0.39 is 0 Å². The quantitative estimate of drug-likeness (QED) is 0.891. The zero-order chi connectivity index (χ0) is 13.0. The molecule has 0 bridgehead atoms. The number of anilines is 1. The number of aromatic nitrogens is 1. The maximum atomic E-state index is 12.1. The molecule has 1 aliphatic carbocycles. The first-order valence-electron chi connectivity index (χ1n) is 6.51. The van der Waals surface area contributed by atoms with Crippen LogP contribution in [-0.2, 0) is 4.79 Å². The van der Waals surface area contributed by atoms with E-state index in [1.54, 1.807) is 19.4 Å². The van der Waals surface area contributed by atoms with Gasteiger partial charge >= 0.3 is 0 Å². The summed E-state index contributed by atoms with van der Waals surface area (Å²) in [5.74, 6) is 1.26. The molecule has 0 aromatic carbocycles. The molecule has 2 rings (SSSR count). The Kier molecular flexibility index (Phi) is 4.18. The Labute approximate surface area is 108 Å². The largest absolute Gasteiger partial charge is 0.481 e. The Bertz CT molecular complexity index is 397. The van der Waals surface area contributed by atoms with E-state index in [9.17, 15) is 4.79 Å². The third kappa shape index (κ3) is 3.00. The fourth-order valence-corrected chi connectivity index (χ4v) is 2.50. The van der Waals surface area contributed by atoms with Crippen LogP contribution in [0.4, 0.5) is 5.69 Å². The molecule has 4 nitrogen and oxygen atoms in total. The lowest BCUT2D eigenvalue weighted by atomic mass is 9.92. The van der Waals surface area contributed by atoms with Gasteiger partial charge in [-0.05, 0) is 24.8 Å². The van der Waals surface area contributed by atoms with Crippen LogP contribution in [-0.4, -0.2) is 18.0 Å². The Morgan fingerprint density at radius 3 is 2.72 bits per heavy atom. The van der Waals surface area contributed by atoms with E-state index in [4.69, 9.17) is 4.74 Å². The molecule has 0 saturated heterocycles. The predicted octanol–water partition coefficient (Wildman–Crippen LogP) is 2.86. The highest BCUT2D eigenvalue weighted by atomic mass is 16.5. The van der Waals surface area contributed by atoms with E-state index in [-0.39, 0.29) is 11.8 Å². The number of carbonyl (C=O) groups is 1. The Balaban J connectivity index is 1.93. The fourth-order valence-electron chi connectivity index (χ4n) is 2.50. The molecule has 1 aromatic rings. The van der Waals surface area contributed by atoms with Gasteiger partial charge in [-0.25, -0.2) is 4.98 Å². The minimum atomic E-state index is 0.0783. The summed E-state index contributed by atoms with van der Waals surface area (Å²) in [5.41, 5.74) is 0.727. The molecule has 1 N–H and O–H groups in total. The number of nitrogens with zero attached hydrogens (tertiary/aromatic N) is 1. The number of amides is 1. The van der Waals surface area contributed by atoms with Crippen molar-refractivity contribution >= 4 is 11.6 Å². The summed E-state index contributed by atoms with van der Waals surface area (Å²) < 4.78 is 4.98. The third-order valence-corrected chi connectivity index (χ3v) is 3.73. The lowest BCUT2D eigenvalue weighted by molar-refractivity contribution is -0.120. The maximum absolute atomic E-state index is 12.1. The number of rotatable bonds is 4. The van der Waals surface area contributed by atoms with E-state index in [1.165, 1.54) is 25.7 Å². The molecule has 0 aliphatic heterocycles. The Morgan fingerprint density at radius 2 is 2.17 bits per heavy atom. The second-order valence-corrected chi connectivity index (χ2v) is 4.91. The minimum absolute atomic E-state index is 0.0783. The number of nitrogens with one attached hydrogen (secondary N) is 1. The van der Waals surface area contributed by atoms with Crippen molar-refractivity contribution in [2.24, 2.45) is 11.8 Å². The molecule has 1 fully saturated rings. The number of ether oxygens (including phenoxy) is 1. The minimum Gasteiger partial charge on any atom is -0.481 e. The molecule has 4 heteroatoms. The van der Waals surface area contributed by atoms with E-state index in [1.807, 2.05) is 13.0 Å². The van der Waals surface area contributed by atoms with Gasteiger partial charge in [0.2, 0.25) is 11.8 Å². The third-order valence-electron chi connectivity index (χ3n) is 3.73. The molecule has 1 amide bonds. The van der Waals surface area contributed by atoms with Gasteiger partial charge in [0.15, 0.2) is 0 Å². The molecule has 1 unspecified atom stereocenters. The SMILES string of the molecule is COc1ccc(NC(=O)C(C)C2CCCC2)cn1. The lowest BCUT2D eigenvalue weighted by Gasteiger charge is -2.18. The standard InChI is InChI=1S/C14H20N2O2/c1-10(11-5-3-4-6-11)14(17)16-12-7-8-13(18-2)15-9-12/h7-11H,3-6H2,1-2H3,(H,16,17). The summed E-state index contributed by atoms with van der Waals surface area (Å²) >= 11 is 0. The zero-order valence-corrected chi connectivity index (χ0v) is 11.0. The molecule has 98 valence electrons. The highest BCUT2D eigenvalue weighted by molar-refractivity contribution is 5.92. The number of pyridine rings is 1. The van der Waals surface area contributed by atoms with E-state index >= 15 is 0 Å². The molecular weight excluding hydrogens is 228 g/mol. The second-order valence-electron chi connectivity index (χ2n) is 4.91. The molecule has 0 spiro atoms. The van der Waals surface area contributed by atoms with Gasteiger partial charge in [0.05, 0.1) is 19.0 Å². The van der Waals surface area contributed by atoms with Gasteiger partial charge in [0, 0.05) is 12.0 Å². The van der Waals surface area contributed by atoms with Crippen LogP contribution in [0, 0.1) is 11.8 Å². The zero-order valence-electron chi connectivity index (χ0n) is 11.0. The highest BCUT2D eigenvalue weighted by Crippen LogP contribution is 2.31. The van der Waals surface area contributed by atoms with Crippen molar-refractivity contribution in [2.75, 3.05) is 12.4 Å². The van der Waals surface area contributed by atoms with Gasteiger partial charge in [0.1, 0.15) is 0 Å². The topological polar surface area (TPSA) is 51.2 Å². The molecule has 18 heavy (non-hydrogen) atoms.